The number of hydrazone groups is 1. The second kappa shape index (κ2) is 7.35. The number of carbonyl (C=O) groups excluding carboxylic acids is 1. The van der Waals surface area contributed by atoms with Crippen LogP contribution >= 0.6 is 0 Å². The fourth-order valence-electron chi connectivity index (χ4n) is 3.12. The molecule has 0 saturated heterocycles. The van der Waals surface area contributed by atoms with E-state index in [1.54, 1.807) is 30.7 Å². The van der Waals surface area contributed by atoms with Crippen molar-refractivity contribution in [3.05, 3.63) is 82.4 Å². The molecule has 5 heteroatoms. The van der Waals surface area contributed by atoms with Crippen molar-refractivity contribution in [1.29, 1.82) is 0 Å². The Morgan fingerprint density at radius 2 is 1.69 bits per heavy atom. The summed E-state index contributed by atoms with van der Waals surface area (Å²) in [4.78, 5) is 15.9. The van der Waals surface area contributed by atoms with Crippen LogP contribution in [0.25, 0.3) is 5.69 Å². The number of benzene rings is 1. The van der Waals surface area contributed by atoms with Gasteiger partial charge in [0.15, 0.2) is 0 Å². The second-order valence-corrected chi connectivity index (χ2v) is 6.44. The molecule has 0 fully saturated rings. The van der Waals surface area contributed by atoms with Crippen LogP contribution in [0.3, 0.4) is 0 Å². The van der Waals surface area contributed by atoms with Crippen LogP contribution in [0.5, 0.6) is 0 Å². The van der Waals surface area contributed by atoms with Crippen LogP contribution in [0.4, 0.5) is 0 Å². The number of rotatable bonds is 4. The molecular weight excluding hydrogens is 324 g/mol. The Labute approximate surface area is 153 Å². The van der Waals surface area contributed by atoms with Crippen molar-refractivity contribution < 1.29 is 4.79 Å². The van der Waals surface area contributed by atoms with Gasteiger partial charge >= 0.3 is 0 Å². The lowest BCUT2D eigenvalue weighted by atomic mass is 10.1. The van der Waals surface area contributed by atoms with E-state index in [2.05, 4.69) is 72.0 Å². The maximum atomic E-state index is 12.0. The third-order valence-electron chi connectivity index (χ3n) is 4.25. The molecule has 2 aromatic heterocycles. The summed E-state index contributed by atoms with van der Waals surface area (Å²) >= 11 is 0. The normalized spacial score (nSPS) is 11.1. The number of aryl methyl sites for hydroxylation is 3. The first-order valence-electron chi connectivity index (χ1n) is 8.47. The van der Waals surface area contributed by atoms with Crippen molar-refractivity contribution >= 4 is 12.1 Å². The van der Waals surface area contributed by atoms with Gasteiger partial charge in [0, 0.05) is 40.6 Å². The first-order chi connectivity index (χ1) is 12.5. The predicted octanol–water partition coefficient (Wildman–Crippen LogP) is 3.87. The van der Waals surface area contributed by atoms with Gasteiger partial charge < -0.3 is 4.57 Å². The maximum absolute atomic E-state index is 12.0. The molecule has 132 valence electrons. The van der Waals surface area contributed by atoms with Crippen molar-refractivity contribution in [2.24, 2.45) is 5.10 Å². The van der Waals surface area contributed by atoms with Gasteiger partial charge in [-0.15, -0.1) is 0 Å². The number of aromatic nitrogens is 2. The summed E-state index contributed by atoms with van der Waals surface area (Å²) in [6.45, 7) is 8.32. The van der Waals surface area contributed by atoms with E-state index >= 15 is 0 Å². The number of amides is 1. The Morgan fingerprint density at radius 1 is 1.04 bits per heavy atom. The molecule has 3 rings (SSSR count). The van der Waals surface area contributed by atoms with Crippen LogP contribution in [0.1, 0.15) is 38.4 Å². The third-order valence-corrected chi connectivity index (χ3v) is 4.25. The average Bonchev–Trinajstić information content (AvgIpc) is 2.88. The molecule has 0 radical (unpaired) electrons. The molecule has 0 spiro atoms. The van der Waals surface area contributed by atoms with Gasteiger partial charge in [0.2, 0.25) is 0 Å². The highest BCUT2D eigenvalue weighted by Crippen LogP contribution is 2.21. The third kappa shape index (κ3) is 3.72. The zero-order valence-electron chi connectivity index (χ0n) is 15.4. The Bertz CT molecular complexity index is 951. The molecule has 0 saturated carbocycles. The molecule has 2 heterocycles. The van der Waals surface area contributed by atoms with Crippen molar-refractivity contribution in [3.8, 4) is 5.69 Å². The molecule has 0 bridgehead atoms. The molecule has 1 amide bonds. The Hall–Kier alpha value is -3.21. The summed E-state index contributed by atoms with van der Waals surface area (Å²) < 4.78 is 2.20. The standard InChI is InChI=1S/C21H22N4O/c1-14-9-15(2)11-20(10-14)25-16(3)12-19(17(25)4)13-23-24-21(26)18-5-7-22-8-6-18/h5-13H,1-4H3,(H,24,26)/b23-13-. The quantitative estimate of drug-likeness (QED) is 0.576. The van der Waals surface area contributed by atoms with Crippen molar-refractivity contribution in [1.82, 2.24) is 15.0 Å². The summed E-state index contributed by atoms with van der Waals surface area (Å²) in [6.07, 6.45) is 4.84. The van der Waals surface area contributed by atoms with Gasteiger partial charge in [-0.1, -0.05) is 6.07 Å². The molecule has 0 aliphatic heterocycles. The van der Waals surface area contributed by atoms with Gasteiger partial charge in [-0.2, -0.15) is 5.10 Å². The summed E-state index contributed by atoms with van der Waals surface area (Å²) in [5.74, 6) is -0.258. The van der Waals surface area contributed by atoms with Gasteiger partial charge in [0.25, 0.3) is 5.91 Å². The number of nitrogens with zero attached hydrogens (tertiary/aromatic N) is 3. The van der Waals surface area contributed by atoms with E-state index in [0.717, 1.165) is 22.6 Å². The zero-order valence-corrected chi connectivity index (χ0v) is 15.4. The second-order valence-electron chi connectivity index (χ2n) is 6.44. The molecule has 0 atom stereocenters. The van der Waals surface area contributed by atoms with E-state index in [-0.39, 0.29) is 5.91 Å². The lowest BCUT2D eigenvalue weighted by Gasteiger charge is -2.11. The summed E-state index contributed by atoms with van der Waals surface area (Å²) in [6, 6.07) is 11.9. The Balaban J connectivity index is 1.83. The number of pyridine rings is 1. The molecule has 0 aliphatic rings. The zero-order chi connectivity index (χ0) is 18.7. The summed E-state index contributed by atoms with van der Waals surface area (Å²) in [5, 5.41) is 4.10. The monoisotopic (exact) mass is 346 g/mol. The van der Waals surface area contributed by atoms with Crippen molar-refractivity contribution in [2.45, 2.75) is 27.7 Å². The minimum atomic E-state index is -0.258. The Kier molecular flexibility index (Phi) is 4.98. The highest BCUT2D eigenvalue weighted by molar-refractivity contribution is 5.94. The van der Waals surface area contributed by atoms with Crippen LogP contribution in [-0.4, -0.2) is 21.7 Å². The van der Waals surface area contributed by atoms with Crippen LogP contribution in [0, 0.1) is 27.7 Å². The maximum Gasteiger partial charge on any atom is 0.271 e. The van der Waals surface area contributed by atoms with E-state index in [4.69, 9.17) is 0 Å². The highest BCUT2D eigenvalue weighted by atomic mass is 16.2. The fraction of sp³-hybridized carbons (Fsp3) is 0.190. The van der Waals surface area contributed by atoms with E-state index < -0.39 is 0 Å². The van der Waals surface area contributed by atoms with Crippen LogP contribution in [0.15, 0.2) is 53.9 Å². The first kappa shape index (κ1) is 17.6. The molecule has 1 N–H and O–H groups in total. The number of carbonyl (C=O) groups is 1. The van der Waals surface area contributed by atoms with Crippen molar-refractivity contribution in [3.63, 3.8) is 0 Å². The molecular formula is C21H22N4O. The number of hydrogen-bond donors (Lipinski definition) is 1. The summed E-state index contributed by atoms with van der Waals surface area (Å²) in [5.41, 5.74) is 9.84. The smallest absolute Gasteiger partial charge is 0.271 e. The van der Waals surface area contributed by atoms with E-state index in [0.29, 0.717) is 5.56 Å². The lowest BCUT2D eigenvalue weighted by molar-refractivity contribution is 0.0955. The van der Waals surface area contributed by atoms with Crippen LogP contribution in [0.2, 0.25) is 0 Å². The van der Waals surface area contributed by atoms with Gasteiger partial charge in [-0.05, 0) is 69.2 Å². The summed E-state index contributed by atoms with van der Waals surface area (Å²) in [7, 11) is 0. The highest BCUT2D eigenvalue weighted by Gasteiger charge is 2.10. The van der Waals surface area contributed by atoms with Gasteiger partial charge in [0.1, 0.15) is 0 Å². The SMILES string of the molecule is Cc1cc(C)cc(-n2c(C)cc(/C=N\NC(=O)c3ccncc3)c2C)c1. The molecule has 26 heavy (non-hydrogen) atoms. The van der Waals surface area contributed by atoms with Crippen LogP contribution < -0.4 is 5.43 Å². The largest absolute Gasteiger partial charge is 0.318 e. The first-order valence-corrected chi connectivity index (χ1v) is 8.47. The molecule has 0 aliphatic carbocycles. The van der Waals surface area contributed by atoms with Crippen molar-refractivity contribution in [2.75, 3.05) is 0 Å². The number of nitrogens with one attached hydrogen (secondary N) is 1. The van der Waals surface area contributed by atoms with Gasteiger partial charge in [0.05, 0.1) is 6.21 Å². The predicted molar refractivity (Wildman–Crippen MR) is 104 cm³/mol. The fourth-order valence-corrected chi connectivity index (χ4v) is 3.12. The topological polar surface area (TPSA) is 59.3 Å². The van der Waals surface area contributed by atoms with E-state index in [1.807, 2.05) is 0 Å². The van der Waals surface area contributed by atoms with Gasteiger partial charge in [-0.3, -0.25) is 9.78 Å². The van der Waals surface area contributed by atoms with E-state index in [1.165, 1.54) is 11.1 Å². The minimum absolute atomic E-state index is 0.258. The molecule has 5 nitrogen and oxygen atoms in total. The molecule has 3 aromatic rings. The average molecular weight is 346 g/mol. The lowest BCUT2D eigenvalue weighted by Crippen LogP contribution is -2.17. The minimum Gasteiger partial charge on any atom is -0.318 e. The van der Waals surface area contributed by atoms with Crippen LogP contribution in [-0.2, 0) is 0 Å². The molecule has 1 aromatic carbocycles. The Morgan fingerprint density at radius 3 is 2.35 bits per heavy atom. The number of hydrogen-bond acceptors (Lipinski definition) is 3. The molecule has 0 unspecified atom stereocenters. The van der Waals surface area contributed by atoms with Gasteiger partial charge in [-0.25, -0.2) is 5.43 Å². The van der Waals surface area contributed by atoms with E-state index in [9.17, 15) is 4.79 Å².